The van der Waals surface area contributed by atoms with Crippen molar-refractivity contribution in [2.75, 3.05) is 24.3 Å². The second kappa shape index (κ2) is 3.91. The highest BCUT2D eigenvalue weighted by Crippen LogP contribution is 2.32. The largest absolute Gasteiger partial charge is 0.382 e. The van der Waals surface area contributed by atoms with Gasteiger partial charge in [-0.15, -0.1) is 0 Å². The van der Waals surface area contributed by atoms with Crippen molar-refractivity contribution in [2.24, 2.45) is 0 Å². The van der Waals surface area contributed by atoms with Gasteiger partial charge in [0.05, 0.1) is 0 Å². The van der Waals surface area contributed by atoms with Gasteiger partial charge in [-0.05, 0) is 25.0 Å². The highest BCUT2D eigenvalue weighted by atomic mass is 15.1. The third-order valence-corrected chi connectivity index (χ3v) is 3.15. The summed E-state index contributed by atoms with van der Waals surface area (Å²) in [4.78, 5) is 6.50. The molecule has 3 rings (SSSR count). The molecule has 2 aromatic rings. The first-order valence-corrected chi connectivity index (χ1v) is 6.07. The van der Waals surface area contributed by atoms with E-state index in [1.807, 2.05) is 20.3 Å². The van der Waals surface area contributed by atoms with E-state index in [1.54, 1.807) is 0 Å². The molecule has 0 saturated heterocycles. The minimum absolute atomic E-state index is 0.677. The molecule has 1 aliphatic carbocycles. The molecule has 0 spiro atoms. The van der Waals surface area contributed by atoms with Crippen LogP contribution in [0, 0.1) is 0 Å². The van der Waals surface area contributed by atoms with E-state index in [2.05, 4.69) is 39.5 Å². The Bertz CT molecular complexity index is 544. The van der Waals surface area contributed by atoms with Gasteiger partial charge in [0.25, 0.3) is 0 Å². The minimum Gasteiger partial charge on any atom is -0.382 e. The predicted molar refractivity (Wildman–Crippen MR) is 72.7 cm³/mol. The summed E-state index contributed by atoms with van der Waals surface area (Å²) >= 11 is 0. The summed E-state index contributed by atoms with van der Waals surface area (Å²) in [5, 5.41) is 6.05. The Balaban J connectivity index is 2.14. The van der Waals surface area contributed by atoms with Crippen molar-refractivity contribution >= 4 is 22.3 Å². The molecule has 17 heavy (non-hydrogen) atoms. The first kappa shape index (κ1) is 10.4. The van der Waals surface area contributed by atoms with Gasteiger partial charge in [0.15, 0.2) is 0 Å². The summed E-state index contributed by atoms with van der Waals surface area (Å²) in [7, 11) is 4.06. The number of rotatable bonds is 3. The average molecular weight is 227 g/mol. The molecule has 3 heteroatoms. The molecule has 0 amide bonds. The highest BCUT2D eigenvalue weighted by Gasteiger charge is 2.21. The molecular formula is C14H17N3. The van der Waals surface area contributed by atoms with Gasteiger partial charge in [-0.3, -0.25) is 0 Å². The number of nitrogens with one attached hydrogen (secondary N) is 1. The van der Waals surface area contributed by atoms with Crippen LogP contribution in [0.3, 0.4) is 0 Å². The van der Waals surface area contributed by atoms with Crippen molar-refractivity contribution in [1.29, 1.82) is 0 Å². The maximum absolute atomic E-state index is 4.44. The number of aromatic nitrogens is 1. The number of nitrogens with zero attached hydrogens (tertiary/aromatic N) is 2. The number of benzene rings is 1. The van der Waals surface area contributed by atoms with Crippen molar-refractivity contribution < 1.29 is 0 Å². The normalized spacial score (nSPS) is 14.9. The number of pyridine rings is 1. The standard InChI is InChI=1S/C14H17N3/c1-17(2)14-12-4-3-5-13(16-10-6-7-10)11(12)8-9-15-14/h3-5,8-10,16H,6-7H2,1-2H3. The van der Waals surface area contributed by atoms with Crippen LogP contribution in [0.15, 0.2) is 30.5 Å². The zero-order valence-corrected chi connectivity index (χ0v) is 10.3. The summed E-state index contributed by atoms with van der Waals surface area (Å²) in [5.41, 5.74) is 1.23. The Kier molecular flexibility index (Phi) is 2.39. The summed E-state index contributed by atoms with van der Waals surface area (Å²) in [6, 6.07) is 9.15. The number of hydrogen-bond donors (Lipinski definition) is 1. The van der Waals surface area contributed by atoms with Gasteiger partial charge in [0.1, 0.15) is 5.82 Å². The maximum Gasteiger partial charge on any atom is 0.135 e. The zero-order chi connectivity index (χ0) is 11.8. The van der Waals surface area contributed by atoms with Crippen molar-refractivity contribution in [3.05, 3.63) is 30.5 Å². The van der Waals surface area contributed by atoms with Crippen LogP contribution >= 0.6 is 0 Å². The molecule has 1 fully saturated rings. The van der Waals surface area contributed by atoms with Crippen LogP contribution in [0.25, 0.3) is 10.8 Å². The molecule has 3 nitrogen and oxygen atoms in total. The Morgan fingerprint density at radius 2 is 2.00 bits per heavy atom. The van der Waals surface area contributed by atoms with E-state index in [0.29, 0.717) is 6.04 Å². The molecule has 1 heterocycles. The van der Waals surface area contributed by atoms with Gasteiger partial charge in [0.2, 0.25) is 0 Å². The first-order chi connectivity index (χ1) is 8.25. The van der Waals surface area contributed by atoms with Gasteiger partial charge in [0, 0.05) is 42.8 Å². The first-order valence-electron chi connectivity index (χ1n) is 6.07. The van der Waals surface area contributed by atoms with E-state index < -0.39 is 0 Å². The van der Waals surface area contributed by atoms with Crippen molar-refractivity contribution in [1.82, 2.24) is 4.98 Å². The monoisotopic (exact) mass is 227 g/mol. The van der Waals surface area contributed by atoms with Gasteiger partial charge in [-0.25, -0.2) is 4.98 Å². The predicted octanol–water partition coefficient (Wildman–Crippen LogP) is 2.88. The van der Waals surface area contributed by atoms with E-state index in [4.69, 9.17) is 0 Å². The highest BCUT2D eigenvalue weighted by molar-refractivity contribution is 6.00. The smallest absolute Gasteiger partial charge is 0.135 e. The lowest BCUT2D eigenvalue weighted by Crippen LogP contribution is -2.11. The third kappa shape index (κ3) is 1.93. The molecule has 0 atom stereocenters. The van der Waals surface area contributed by atoms with E-state index >= 15 is 0 Å². The zero-order valence-electron chi connectivity index (χ0n) is 10.3. The van der Waals surface area contributed by atoms with Crippen LogP contribution in [0.4, 0.5) is 11.5 Å². The molecule has 1 aromatic carbocycles. The molecule has 0 bridgehead atoms. The summed E-state index contributed by atoms with van der Waals surface area (Å²) in [6.07, 6.45) is 4.47. The molecule has 1 aliphatic rings. The second-order valence-electron chi connectivity index (χ2n) is 4.85. The molecule has 0 aliphatic heterocycles. The molecular weight excluding hydrogens is 210 g/mol. The average Bonchev–Trinajstić information content (AvgIpc) is 3.12. The lowest BCUT2D eigenvalue weighted by atomic mass is 10.1. The number of fused-ring (bicyclic) bond motifs is 1. The van der Waals surface area contributed by atoms with Gasteiger partial charge in [-0.1, -0.05) is 12.1 Å². The second-order valence-corrected chi connectivity index (χ2v) is 4.85. The minimum atomic E-state index is 0.677. The third-order valence-electron chi connectivity index (χ3n) is 3.15. The molecule has 1 N–H and O–H groups in total. The Labute approximate surface area is 101 Å². The Morgan fingerprint density at radius 3 is 2.71 bits per heavy atom. The number of anilines is 2. The van der Waals surface area contributed by atoms with Crippen LogP contribution < -0.4 is 10.2 Å². The van der Waals surface area contributed by atoms with Gasteiger partial charge >= 0.3 is 0 Å². The fraction of sp³-hybridized carbons (Fsp3) is 0.357. The lowest BCUT2D eigenvalue weighted by molar-refractivity contribution is 1.08. The number of hydrogen-bond acceptors (Lipinski definition) is 3. The Morgan fingerprint density at radius 1 is 1.18 bits per heavy atom. The van der Waals surface area contributed by atoms with E-state index in [1.165, 1.54) is 29.3 Å². The lowest BCUT2D eigenvalue weighted by Gasteiger charge is -2.16. The van der Waals surface area contributed by atoms with Crippen LogP contribution in [0.1, 0.15) is 12.8 Å². The van der Waals surface area contributed by atoms with Gasteiger partial charge in [-0.2, -0.15) is 0 Å². The molecule has 0 radical (unpaired) electrons. The SMILES string of the molecule is CN(C)c1nccc2c(NC3CC3)cccc12. The fourth-order valence-corrected chi connectivity index (χ4v) is 2.12. The molecule has 1 saturated carbocycles. The fourth-order valence-electron chi connectivity index (χ4n) is 2.12. The van der Waals surface area contributed by atoms with Crippen molar-refractivity contribution in [2.45, 2.75) is 18.9 Å². The van der Waals surface area contributed by atoms with Crippen molar-refractivity contribution in [3.63, 3.8) is 0 Å². The van der Waals surface area contributed by atoms with Gasteiger partial charge < -0.3 is 10.2 Å². The van der Waals surface area contributed by atoms with Crippen LogP contribution in [-0.2, 0) is 0 Å². The van der Waals surface area contributed by atoms with Crippen LogP contribution in [-0.4, -0.2) is 25.1 Å². The molecule has 88 valence electrons. The summed E-state index contributed by atoms with van der Waals surface area (Å²) in [5.74, 6) is 1.03. The molecule has 1 aromatic heterocycles. The van der Waals surface area contributed by atoms with Crippen molar-refractivity contribution in [3.8, 4) is 0 Å². The van der Waals surface area contributed by atoms with Crippen LogP contribution in [0.5, 0.6) is 0 Å². The molecule has 0 unspecified atom stereocenters. The van der Waals surface area contributed by atoms with E-state index in [9.17, 15) is 0 Å². The Hall–Kier alpha value is -1.77. The summed E-state index contributed by atoms with van der Waals surface area (Å²) in [6.45, 7) is 0. The maximum atomic E-state index is 4.44. The quantitative estimate of drug-likeness (QED) is 0.874. The van der Waals surface area contributed by atoms with E-state index in [0.717, 1.165) is 5.82 Å². The van der Waals surface area contributed by atoms with E-state index in [-0.39, 0.29) is 0 Å². The topological polar surface area (TPSA) is 28.2 Å². The van der Waals surface area contributed by atoms with Crippen LogP contribution in [0.2, 0.25) is 0 Å². The summed E-state index contributed by atoms with van der Waals surface area (Å²) < 4.78 is 0.